The van der Waals surface area contributed by atoms with E-state index in [2.05, 4.69) is 32.7 Å². The summed E-state index contributed by atoms with van der Waals surface area (Å²) in [6.45, 7) is 5.57. The average molecular weight is 499 g/mol. The number of benzene rings is 1. The van der Waals surface area contributed by atoms with Crippen LogP contribution in [0.1, 0.15) is 24.8 Å². The first-order valence-electron chi connectivity index (χ1n) is 11.2. The second kappa shape index (κ2) is 8.39. The summed E-state index contributed by atoms with van der Waals surface area (Å²) < 4.78 is 2.86. The summed E-state index contributed by atoms with van der Waals surface area (Å²) in [4.78, 5) is 41.0. The lowest BCUT2D eigenvalue weighted by molar-refractivity contribution is -0.133. The van der Waals surface area contributed by atoms with Crippen LogP contribution in [-0.4, -0.2) is 63.8 Å². The van der Waals surface area contributed by atoms with Crippen LogP contribution in [0.15, 0.2) is 41.5 Å². The molecule has 3 aliphatic rings. The molecule has 0 spiro atoms. The summed E-state index contributed by atoms with van der Waals surface area (Å²) in [6.07, 6.45) is 7.11. The summed E-state index contributed by atoms with van der Waals surface area (Å²) in [6, 6.07) is 6.33. The summed E-state index contributed by atoms with van der Waals surface area (Å²) >= 11 is 3.54. The van der Waals surface area contributed by atoms with Crippen LogP contribution in [0, 0.1) is 5.92 Å². The molecule has 2 unspecified atom stereocenters. The molecule has 2 aliphatic heterocycles. The molecule has 5 rings (SSSR count). The van der Waals surface area contributed by atoms with Crippen molar-refractivity contribution in [2.45, 2.75) is 44.3 Å². The molecule has 0 radical (unpaired) electrons. The monoisotopic (exact) mass is 498 g/mol. The van der Waals surface area contributed by atoms with E-state index >= 15 is 0 Å². The normalized spacial score (nSPS) is 22.3. The maximum absolute atomic E-state index is 13.1. The molecule has 1 aromatic carbocycles. The van der Waals surface area contributed by atoms with E-state index in [9.17, 15) is 14.4 Å². The van der Waals surface area contributed by atoms with Gasteiger partial charge >= 0.3 is 0 Å². The molecule has 7 nitrogen and oxygen atoms in total. The first-order chi connectivity index (χ1) is 15.4. The van der Waals surface area contributed by atoms with Gasteiger partial charge in [-0.25, -0.2) is 0 Å². The Balaban J connectivity index is 1.28. The van der Waals surface area contributed by atoms with E-state index in [1.807, 2.05) is 29.0 Å². The quantitative estimate of drug-likeness (QED) is 0.621. The van der Waals surface area contributed by atoms with Crippen molar-refractivity contribution in [3.63, 3.8) is 0 Å². The van der Waals surface area contributed by atoms with Crippen molar-refractivity contribution in [3.05, 3.63) is 47.1 Å². The first kappa shape index (κ1) is 21.2. The summed E-state index contributed by atoms with van der Waals surface area (Å²) in [7, 11) is 0. The third-order valence-corrected chi connectivity index (χ3v) is 7.54. The molecule has 2 atom stereocenters. The second-order valence-corrected chi connectivity index (χ2v) is 10.1. The number of hydrogen-bond donors (Lipinski definition) is 1. The zero-order chi connectivity index (χ0) is 22.4. The average Bonchev–Trinajstić information content (AvgIpc) is 3.45. The van der Waals surface area contributed by atoms with E-state index in [1.54, 1.807) is 4.90 Å². The van der Waals surface area contributed by atoms with E-state index in [0.29, 0.717) is 31.5 Å². The van der Waals surface area contributed by atoms with Gasteiger partial charge in [-0.3, -0.25) is 14.4 Å². The molecule has 1 saturated carbocycles. The summed E-state index contributed by atoms with van der Waals surface area (Å²) in [5.74, 6) is 0.641. The number of amides is 3. The van der Waals surface area contributed by atoms with Crippen molar-refractivity contribution in [1.82, 2.24) is 19.7 Å². The Hall–Kier alpha value is -2.61. The fourth-order valence-electron chi connectivity index (χ4n) is 5.42. The minimum atomic E-state index is -0.113. The predicted octanol–water partition coefficient (Wildman–Crippen LogP) is 2.47. The number of piperidine rings is 1. The molecule has 8 heteroatoms. The summed E-state index contributed by atoms with van der Waals surface area (Å²) in [5.41, 5.74) is 1.89. The van der Waals surface area contributed by atoms with E-state index in [4.69, 9.17) is 0 Å². The summed E-state index contributed by atoms with van der Waals surface area (Å²) in [5, 5.41) is 3.99. The highest BCUT2D eigenvalue weighted by molar-refractivity contribution is 9.10. The van der Waals surface area contributed by atoms with Gasteiger partial charge < -0.3 is 19.7 Å². The van der Waals surface area contributed by atoms with Gasteiger partial charge in [0.25, 0.3) is 0 Å². The minimum Gasteiger partial charge on any atom is -0.348 e. The number of likely N-dealkylation sites (tertiary alicyclic amines) is 2. The number of halogens is 1. The van der Waals surface area contributed by atoms with Crippen LogP contribution in [0.4, 0.5) is 0 Å². The highest BCUT2D eigenvalue weighted by Crippen LogP contribution is 2.38. The standard InChI is InChI=1S/C24H27BrN4O3/c1-2-23(31)28-12-18(13-28)26-22(30)14-27-11-16(20-9-17(25)4-6-21(20)27)8-24(32)29-10-15-3-5-19(29)7-15/h2,4,6,9,11,15,18-19H,1,3,5,7-8,10,12-14H2,(H,26,30). The predicted molar refractivity (Wildman–Crippen MR) is 125 cm³/mol. The molecule has 1 N–H and O–H groups in total. The van der Waals surface area contributed by atoms with Gasteiger partial charge in [0.05, 0.1) is 12.5 Å². The van der Waals surface area contributed by atoms with E-state index in [-0.39, 0.29) is 30.3 Å². The van der Waals surface area contributed by atoms with Crippen LogP contribution >= 0.6 is 15.9 Å². The van der Waals surface area contributed by atoms with Crippen molar-refractivity contribution in [3.8, 4) is 0 Å². The highest BCUT2D eigenvalue weighted by Gasteiger charge is 2.40. The second-order valence-electron chi connectivity index (χ2n) is 9.21. The van der Waals surface area contributed by atoms with Crippen LogP contribution < -0.4 is 5.32 Å². The number of carbonyl (C=O) groups excluding carboxylic acids is 3. The Morgan fingerprint density at radius 2 is 2.00 bits per heavy atom. The number of nitrogens with one attached hydrogen (secondary N) is 1. The van der Waals surface area contributed by atoms with E-state index < -0.39 is 0 Å². The van der Waals surface area contributed by atoms with Gasteiger partial charge in [0.1, 0.15) is 6.54 Å². The molecular weight excluding hydrogens is 472 g/mol. The maximum atomic E-state index is 13.1. The van der Waals surface area contributed by atoms with Gasteiger partial charge in [-0.1, -0.05) is 22.5 Å². The molecule has 1 aromatic heterocycles. The third-order valence-electron chi connectivity index (χ3n) is 7.04. The molecule has 2 bridgehead atoms. The van der Waals surface area contributed by atoms with Gasteiger partial charge in [-0.05, 0) is 55.0 Å². The Bertz CT molecular complexity index is 1100. The van der Waals surface area contributed by atoms with Crippen molar-refractivity contribution >= 4 is 44.6 Å². The topological polar surface area (TPSA) is 74.6 Å². The number of rotatable bonds is 6. The molecule has 3 fully saturated rings. The molecule has 1 aliphatic carbocycles. The largest absolute Gasteiger partial charge is 0.348 e. The number of fused-ring (bicyclic) bond motifs is 3. The molecule has 3 heterocycles. The maximum Gasteiger partial charge on any atom is 0.246 e. The fourth-order valence-corrected chi connectivity index (χ4v) is 5.78. The van der Waals surface area contributed by atoms with Gasteiger partial charge in [0, 0.05) is 47.2 Å². The Labute approximate surface area is 195 Å². The molecule has 168 valence electrons. The number of carbonyl (C=O) groups is 3. The van der Waals surface area contributed by atoms with Gasteiger partial charge in [0.15, 0.2) is 0 Å². The van der Waals surface area contributed by atoms with Crippen molar-refractivity contribution in [1.29, 1.82) is 0 Å². The molecule has 32 heavy (non-hydrogen) atoms. The lowest BCUT2D eigenvalue weighted by atomic mass is 10.1. The number of hydrogen-bond acceptors (Lipinski definition) is 3. The minimum absolute atomic E-state index is 0.0333. The Morgan fingerprint density at radius 1 is 1.19 bits per heavy atom. The third kappa shape index (κ3) is 3.96. The van der Waals surface area contributed by atoms with Gasteiger partial charge in [0.2, 0.25) is 17.7 Å². The number of aromatic nitrogens is 1. The fraction of sp³-hybridized carbons (Fsp3) is 0.458. The lowest BCUT2D eigenvalue weighted by Gasteiger charge is -2.38. The van der Waals surface area contributed by atoms with Crippen molar-refractivity contribution in [2.24, 2.45) is 5.92 Å². The zero-order valence-electron chi connectivity index (χ0n) is 17.9. The highest BCUT2D eigenvalue weighted by atomic mass is 79.9. The molecule has 2 aromatic rings. The van der Waals surface area contributed by atoms with E-state index in [0.717, 1.165) is 40.3 Å². The van der Waals surface area contributed by atoms with Crippen LogP contribution in [0.25, 0.3) is 10.9 Å². The van der Waals surface area contributed by atoms with Crippen LogP contribution in [0.2, 0.25) is 0 Å². The van der Waals surface area contributed by atoms with E-state index in [1.165, 1.54) is 12.5 Å². The number of nitrogens with zero attached hydrogens (tertiary/aromatic N) is 3. The smallest absolute Gasteiger partial charge is 0.246 e. The lowest BCUT2D eigenvalue weighted by Crippen LogP contribution is -2.61. The van der Waals surface area contributed by atoms with Gasteiger partial charge in [-0.15, -0.1) is 0 Å². The first-order valence-corrected chi connectivity index (χ1v) is 12.0. The van der Waals surface area contributed by atoms with Crippen molar-refractivity contribution < 1.29 is 14.4 Å². The SMILES string of the molecule is C=CC(=O)N1CC(NC(=O)Cn2cc(CC(=O)N3CC4CCC3C4)c3cc(Br)ccc32)C1. The molecule has 3 amide bonds. The molecular formula is C24H27BrN4O3. The zero-order valence-corrected chi connectivity index (χ0v) is 19.5. The van der Waals surface area contributed by atoms with Crippen molar-refractivity contribution in [2.75, 3.05) is 19.6 Å². The Kier molecular flexibility index (Phi) is 5.57. The van der Waals surface area contributed by atoms with Crippen LogP contribution in [-0.2, 0) is 27.3 Å². The van der Waals surface area contributed by atoms with Gasteiger partial charge in [-0.2, -0.15) is 0 Å². The van der Waals surface area contributed by atoms with Crippen LogP contribution in [0.3, 0.4) is 0 Å². The Morgan fingerprint density at radius 3 is 2.69 bits per heavy atom. The van der Waals surface area contributed by atoms with Crippen LogP contribution in [0.5, 0.6) is 0 Å². The molecule has 2 saturated heterocycles.